The first-order valence-electron chi connectivity index (χ1n) is 3.77. The van der Waals surface area contributed by atoms with E-state index in [0.717, 1.165) is 0 Å². The standard InChI is InChI=1S/C6H8O7.AsH3O3/c7-3(8)1-6(13,5(11)12)2-4(9)10;2-1(3)4/h13H,1-2H2,(H,7,8)(H,9,10)(H,11,12);2-4H. The van der Waals surface area contributed by atoms with Crippen LogP contribution in [0.15, 0.2) is 0 Å². The third-order valence-corrected chi connectivity index (χ3v) is 1.29. The van der Waals surface area contributed by atoms with Gasteiger partial charge < -0.3 is 20.4 Å². The molecule has 0 aliphatic heterocycles. The quantitative estimate of drug-likeness (QED) is 0.252. The summed E-state index contributed by atoms with van der Waals surface area (Å²) in [6, 6.07) is 0. The number of carboxylic acid groups (broad SMARTS) is 3. The van der Waals surface area contributed by atoms with Crippen LogP contribution in [-0.2, 0) is 14.4 Å². The maximum atomic E-state index is 10.3. The molecular weight excluding hydrogens is 307 g/mol. The average molecular weight is 318 g/mol. The summed E-state index contributed by atoms with van der Waals surface area (Å²) >= 11 is -3.19. The van der Waals surface area contributed by atoms with E-state index in [2.05, 4.69) is 0 Å². The molecule has 10 nitrogen and oxygen atoms in total. The second-order valence-electron chi connectivity index (χ2n) is 2.75. The van der Waals surface area contributed by atoms with Gasteiger partial charge in [-0.25, -0.2) is 4.79 Å². The van der Waals surface area contributed by atoms with Crippen LogP contribution < -0.4 is 0 Å². The van der Waals surface area contributed by atoms with E-state index in [-0.39, 0.29) is 0 Å². The minimum atomic E-state index is -3.19. The van der Waals surface area contributed by atoms with Crippen LogP contribution in [-0.4, -0.2) is 71.9 Å². The molecule has 0 saturated carbocycles. The molecule has 0 aliphatic rings. The number of aliphatic carboxylic acids is 3. The van der Waals surface area contributed by atoms with E-state index in [0.29, 0.717) is 0 Å². The van der Waals surface area contributed by atoms with Crippen molar-refractivity contribution in [3.8, 4) is 0 Å². The van der Waals surface area contributed by atoms with Gasteiger partial charge in [0.1, 0.15) is 0 Å². The molecular formula is C6H11AsO10. The minimum absolute atomic E-state index is 1.14. The number of hydrogen-bond donors (Lipinski definition) is 7. The summed E-state index contributed by atoms with van der Waals surface area (Å²) in [7, 11) is 0. The first-order valence-corrected chi connectivity index (χ1v) is 6.29. The summed E-state index contributed by atoms with van der Waals surface area (Å²) in [5.74, 6) is -5.02. The van der Waals surface area contributed by atoms with Gasteiger partial charge in [-0.15, -0.1) is 0 Å². The predicted octanol–water partition coefficient (Wildman–Crippen LogP) is -3.30. The van der Waals surface area contributed by atoms with Crippen molar-refractivity contribution in [2.24, 2.45) is 0 Å². The van der Waals surface area contributed by atoms with Crippen molar-refractivity contribution < 1.29 is 47.1 Å². The molecule has 0 heterocycles. The van der Waals surface area contributed by atoms with Crippen LogP contribution in [0, 0.1) is 0 Å². The Balaban J connectivity index is 0. The Bertz CT molecular complexity index is 268. The van der Waals surface area contributed by atoms with Crippen molar-refractivity contribution in [2.75, 3.05) is 0 Å². The summed E-state index contributed by atoms with van der Waals surface area (Å²) in [5, 5.41) is 33.8. The summed E-state index contributed by atoms with van der Waals surface area (Å²) in [4.78, 5) is 30.5. The fourth-order valence-electron chi connectivity index (χ4n) is 0.714. The zero-order valence-electron chi connectivity index (χ0n) is 8.22. The Morgan fingerprint density at radius 2 is 1.12 bits per heavy atom. The van der Waals surface area contributed by atoms with Crippen molar-refractivity contribution in [3.63, 3.8) is 0 Å². The zero-order valence-corrected chi connectivity index (χ0v) is 10.1. The van der Waals surface area contributed by atoms with Crippen molar-refractivity contribution in [1.29, 1.82) is 0 Å². The van der Waals surface area contributed by atoms with Crippen LogP contribution in [0.4, 0.5) is 0 Å². The molecule has 17 heavy (non-hydrogen) atoms. The molecule has 0 bridgehead atoms. The molecule has 0 fully saturated rings. The fraction of sp³-hybridized carbons (Fsp3) is 0.500. The molecule has 0 atom stereocenters. The Kier molecular flexibility index (Phi) is 8.54. The molecule has 0 spiro atoms. The van der Waals surface area contributed by atoms with Crippen molar-refractivity contribution in [1.82, 2.24) is 0 Å². The van der Waals surface area contributed by atoms with E-state index >= 15 is 0 Å². The Morgan fingerprint density at radius 3 is 1.24 bits per heavy atom. The van der Waals surface area contributed by atoms with Crippen LogP contribution >= 0.6 is 0 Å². The molecule has 100 valence electrons. The molecule has 0 aliphatic carbocycles. The van der Waals surface area contributed by atoms with E-state index in [4.69, 9.17) is 32.7 Å². The van der Waals surface area contributed by atoms with E-state index in [9.17, 15) is 14.4 Å². The van der Waals surface area contributed by atoms with Crippen LogP contribution in [0.3, 0.4) is 0 Å². The molecule has 0 saturated heterocycles. The maximum absolute atomic E-state index is 10.3. The molecule has 0 aromatic carbocycles. The van der Waals surface area contributed by atoms with E-state index in [1.807, 2.05) is 0 Å². The Hall–Kier alpha value is -1.19. The first-order chi connectivity index (χ1) is 7.51. The third-order valence-electron chi connectivity index (χ3n) is 1.29. The Labute approximate surface area is 99.7 Å². The monoisotopic (exact) mass is 318 g/mol. The van der Waals surface area contributed by atoms with Crippen molar-refractivity contribution >= 4 is 33.6 Å². The van der Waals surface area contributed by atoms with Gasteiger partial charge in [0.15, 0.2) is 5.60 Å². The normalized spacial score (nSPS) is 10.4. The fourth-order valence-corrected chi connectivity index (χ4v) is 0.714. The first kappa shape index (κ1) is 18.2. The van der Waals surface area contributed by atoms with Crippen LogP contribution in [0.25, 0.3) is 0 Å². The van der Waals surface area contributed by atoms with Gasteiger partial charge in [0, 0.05) is 0 Å². The number of hydrogen-bond acceptors (Lipinski definition) is 7. The van der Waals surface area contributed by atoms with Crippen LogP contribution in [0.2, 0.25) is 0 Å². The zero-order chi connectivity index (χ0) is 14.2. The van der Waals surface area contributed by atoms with Gasteiger partial charge in [0.2, 0.25) is 0 Å². The molecule has 7 N–H and O–H groups in total. The number of aliphatic hydroxyl groups is 1. The van der Waals surface area contributed by atoms with Gasteiger partial charge >= 0.3 is 45.9 Å². The van der Waals surface area contributed by atoms with Crippen LogP contribution in [0.1, 0.15) is 12.8 Å². The van der Waals surface area contributed by atoms with Gasteiger partial charge in [-0.2, -0.15) is 0 Å². The molecule has 0 aromatic heterocycles. The average Bonchev–Trinajstić information content (AvgIpc) is 1.98. The van der Waals surface area contributed by atoms with E-state index < -0.39 is 52.0 Å². The van der Waals surface area contributed by atoms with Gasteiger partial charge in [-0.05, 0) is 0 Å². The van der Waals surface area contributed by atoms with Gasteiger partial charge in [-0.3, -0.25) is 9.59 Å². The van der Waals surface area contributed by atoms with Crippen molar-refractivity contribution in [3.05, 3.63) is 0 Å². The van der Waals surface area contributed by atoms with E-state index in [1.54, 1.807) is 0 Å². The van der Waals surface area contributed by atoms with Gasteiger partial charge in [-0.1, -0.05) is 0 Å². The van der Waals surface area contributed by atoms with Crippen LogP contribution in [0.5, 0.6) is 0 Å². The van der Waals surface area contributed by atoms with E-state index in [1.165, 1.54) is 0 Å². The van der Waals surface area contributed by atoms with Gasteiger partial charge in [0.25, 0.3) is 0 Å². The Morgan fingerprint density at radius 1 is 0.882 bits per heavy atom. The molecule has 0 rings (SSSR count). The second kappa shape index (κ2) is 7.98. The number of carboxylic acids is 3. The topological polar surface area (TPSA) is 193 Å². The second-order valence-corrected chi connectivity index (χ2v) is 3.87. The third kappa shape index (κ3) is 11.1. The summed E-state index contributed by atoms with van der Waals surface area (Å²) in [6.07, 6.45) is -2.29. The molecule has 0 amide bonds. The summed E-state index contributed by atoms with van der Waals surface area (Å²) < 4.78 is 21.9. The molecule has 0 aromatic rings. The molecule has 11 heteroatoms. The van der Waals surface area contributed by atoms with Gasteiger partial charge in [0.05, 0.1) is 12.8 Å². The SMILES string of the molecule is O=C(O)CC(O)(CC(=O)O)C(=O)O.O[As](O)O. The van der Waals surface area contributed by atoms with Crippen molar-refractivity contribution in [2.45, 2.75) is 18.4 Å². The number of rotatable bonds is 5. The molecule has 0 unspecified atom stereocenters. The summed E-state index contributed by atoms with van der Waals surface area (Å²) in [6.45, 7) is 0. The molecule has 0 radical (unpaired) electrons. The summed E-state index contributed by atoms with van der Waals surface area (Å²) in [5.41, 5.74) is -2.74. The predicted molar refractivity (Wildman–Crippen MR) is 49.5 cm³/mol. The number of carbonyl (C=O) groups is 3.